The number of hydrogen-bond donors (Lipinski definition) is 1. The first kappa shape index (κ1) is 22.3. The van der Waals surface area contributed by atoms with Crippen LogP contribution in [0.2, 0.25) is 0 Å². The Labute approximate surface area is 184 Å². The normalized spacial score (nSPS) is 11.6. The first-order valence-electron chi connectivity index (χ1n) is 10.6. The average Bonchev–Trinajstić information content (AvgIpc) is 2.79. The van der Waals surface area contributed by atoms with E-state index < -0.39 is 6.04 Å². The van der Waals surface area contributed by atoms with Crippen LogP contribution < -0.4 is 5.32 Å². The van der Waals surface area contributed by atoms with Gasteiger partial charge >= 0.3 is 0 Å². The predicted octanol–water partition coefficient (Wildman–Crippen LogP) is 4.23. The summed E-state index contributed by atoms with van der Waals surface area (Å²) in [6.07, 6.45) is 0.731. The van der Waals surface area contributed by atoms with Gasteiger partial charge in [0.05, 0.1) is 6.42 Å². The van der Waals surface area contributed by atoms with Crippen molar-refractivity contribution in [1.82, 2.24) is 10.2 Å². The second-order valence-corrected chi connectivity index (χ2v) is 7.93. The Balaban J connectivity index is 1.95. The molecule has 1 atom stereocenters. The van der Waals surface area contributed by atoms with E-state index in [2.05, 4.69) is 11.4 Å². The molecule has 0 saturated heterocycles. The number of amides is 2. The van der Waals surface area contributed by atoms with Crippen molar-refractivity contribution in [3.63, 3.8) is 0 Å². The summed E-state index contributed by atoms with van der Waals surface area (Å²) in [6, 6.07) is 25.2. The molecule has 0 aromatic heterocycles. The van der Waals surface area contributed by atoms with Gasteiger partial charge in [-0.3, -0.25) is 9.59 Å². The number of benzene rings is 3. The molecule has 0 aliphatic rings. The summed E-state index contributed by atoms with van der Waals surface area (Å²) in [6.45, 7) is 4.43. The Morgan fingerprint density at radius 3 is 2.10 bits per heavy atom. The van der Waals surface area contributed by atoms with Crippen molar-refractivity contribution in [2.45, 2.75) is 39.3 Å². The fraction of sp³-hybridized carbons (Fsp3) is 0.259. The first-order valence-corrected chi connectivity index (χ1v) is 10.6. The molecule has 1 N–H and O–H groups in total. The molecule has 0 saturated carbocycles. The highest BCUT2D eigenvalue weighted by molar-refractivity contribution is 5.88. The zero-order valence-corrected chi connectivity index (χ0v) is 18.5. The molecule has 0 spiro atoms. The van der Waals surface area contributed by atoms with Crippen LogP contribution >= 0.6 is 0 Å². The molecule has 3 aromatic rings. The van der Waals surface area contributed by atoms with Gasteiger partial charge in [-0.05, 0) is 36.1 Å². The topological polar surface area (TPSA) is 49.4 Å². The molecule has 3 rings (SSSR count). The lowest BCUT2D eigenvalue weighted by molar-refractivity contribution is -0.140. The predicted molar refractivity (Wildman–Crippen MR) is 125 cm³/mol. The summed E-state index contributed by atoms with van der Waals surface area (Å²) in [5.74, 6) is -0.212. The minimum absolute atomic E-state index is 0.0536. The van der Waals surface area contributed by atoms with Crippen LogP contribution in [0.3, 0.4) is 0 Å². The van der Waals surface area contributed by atoms with Crippen molar-refractivity contribution >= 4 is 11.8 Å². The van der Waals surface area contributed by atoms with E-state index in [1.54, 1.807) is 11.9 Å². The molecular weight excluding hydrogens is 384 g/mol. The summed E-state index contributed by atoms with van der Waals surface area (Å²) in [4.78, 5) is 28.2. The zero-order valence-electron chi connectivity index (χ0n) is 18.5. The lowest BCUT2D eigenvalue weighted by Crippen LogP contribution is -2.50. The van der Waals surface area contributed by atoms with Crippen molar-refractivity contribution in [3.05, 3.63) is 107 Å². The molecule has 1 unspecified atom stereocenters. The van der Waals surface area contributed by atoms with Crippen LogP contribution in [0.15, 0.2) is 78.9 Å². The van der Waals surface area contributed by atoms with Crippen LogP contribution in [0.1, 0.15) is 27.8 Å². The maximum absolute atomic E-state index is 13.6. The molecule has 0 aliphatic heterocycles. The number of carbonyl (C=O) groups excluding carboxylic acids is 2. The van der Waals surface area contributed by atoms with Gasteiger partial charge < -0.3 is 10.2 Å². The molecule has 2 amide bonds. The number of nitrogens with one attached hydrogen (secondary N) is 1. The standard InChI is InChI=1S/C27H30N2O2/c1-20-14-15-21(2)24(16-20)18-26(30)29(19-23-12-8-5-9-13-23)25(27(31)28-3)17-22-10-6-4-7-11-22/h4-16,25H,17-19H2,1-3H3,(H,28,31). The molecular formula is C27H30N2O2. The number of hydrogen-bond acceptors (Lipinski definition) is 2. The number of rotatable bonds is 8. The number of aryl methyl sites for hydroxylation is 2. The van der Waals surface area contributed by atoms with E-state index in [1.165, 1.54) is 0 Å². The van der Waals surface area contributed by atoms with E-state index in [1.807, 2.05) is 86.6 Å². The van der Waals surface area contributed by atoms with Gasteiger partial charge in [-0.15, -0.1) is 0 Å². The highest BCUT2D eigenvalue weighted by Crippen LogP contribution is 2.18. The molecule has 0 bridgehead atoms. The Morgan fingerprint density at radius 2 is 1.48 bits per heavy atom. The van der Waals surface area contributed by atoms with Crippen LogP contribution in [0, 0.1) is 13.8 Å². The Bertz CT molecular complexity index is 1020. The van der Waals surface area contributed by atoms with E-state index in [0.29, 0.717) is 13.0 Å². The molecule has 31 heavy (non-hydrogen) atoms. The minimum atomic E-state index is -0.592. The SMILES string of the molecule is CNC(=O)C(Cc1ccccc1)N(Cc1ccccc1)C(=O)Cc1cc(C)ccc1C. The van der Waals surface area contributed by atoms with Crippen molar-refractivity contribution in [3.8, 4) is 0 Å². The van der Waals surface area contributed by atoms with Gasteiger partial charge in [-0.25, -0.2) is 0 Å². The maximum atomic E-state index is 13.6. The quantitative estimate of drug-likeness (QED) is 0.600. The Morgan fingerprint density at radius 1 is 0.871 bits per heavy atom. The van der Waals surface area contributed by atoms with Gasteiger partial charge in [0.1, 0.15) is 6.04 Å². The van der Waals surface area contributed by atoms with E-state index in [-0.39, 0.29) is 18.2 Å². The Kier molecular flexibility index (Phi) is 7.60. The van der Waals surface area contributed by atoms with Crippen LogP contribution in [-0.2, 0) is 29.0 Å². The molecule has 160 valence electrons. The van der Waals surface area contributed by atoms with Gasteiger partial charge in [0.25, 0.3) is 0 Å². The van der Waals surface area contributed by atoms with Gasteiger partial charge in [0, 0.05) is 20.0 Å². The molecule has 0 heterocycles. The summed E-state index contributed by atoms with van der Waals surface area (Å²) in [7, 11) is 1.62. The molecule has 4 heteroatoms. The van der Waals surface area contributed by atoms with Crippen molar-refractivity contribution in [1.29, 1.82) is 0 Å². The van der Waals surface area contributed by atoms with E-state index in [4.69, 9.17) is 0 Å². The first-order chi connectivity index (χ1) is 15.0. The molecule has 0 fully saturated rings. The lowest BCUT2D eigenvalue weighted by Gasteiger charge is -2.31. The third-order valence-corrected chi connectivity index (χ3v) is 5.56. The van der Waals surface area contributed by atoms with E-state index >= 15 is 0 Å². The van der Waals surface area contributed by atoms with Crippen LogP contribution in [0.4, 0.5) is 0 Å². The van der Waals surface area contributed by atoms with E-state index in [9.17, 15) is 9.59 Å². The van der Waals surface area contributed by atoms with Gasteiger partial charge in [-0.2, -0.15) is 0 Å². The number of carbonyl (C=O) groups is 2. The molecule has 3 aromatic carbocycles. The second kappa shape index (κ2) is 10.6. The second-order valence-electron chi connectivity index (χ2n) is 7.93. The monoisotopic (exact) mass is 414 g/mol. The summed E-state index contributed by atoms with van der Waals surface area (Å²) < 4.78 is 0. The minimum Gasteiger partial charge on any atom is -0.357 e. The summed E-state index contributed by atoms with van der Waals surface area (Å²) in [5.41, 5.74) is 5.22. The highest BCUT2D eigenvalue weighted by Gasteiger charge is 2.30. The largest absolute Gasteiger partial charge is 0.357 e. The van der Waals surface area contributed by atoms with Gasteiger partial charge in [0.2, 0.25) is 11.8 Å². The molecule has 0 aliphatic carbocycles. The fourth-order valence-electron chi connectivity index (χ4n) is 3.76. The maximum Gasteiger partial charge on any atom is 0.242 e. The van der Waals surface area contributed by atoms with Crippen LogP contribution in [0.5, 0.6) is 0 Å². The van der Waals surface area contributed by atoms with Crippen molar-refractivity contribution in [2.75, 3.05) is 7.05 Å². The van der Waals surface area contributed by atoms with Crippen LogP contribution in [-0.4, -0.2) is 29.8 Å². The zero-order chi connectivity index (χ0) is 22.2. The van der Waals surface area contributed by atoms with Gasteiger partial charge in [0.15, 0.2) is 0 Å². The third-order valence-electron chi connectivity index (χ3n) is 5.56. The lowest BCUT2D eigenvalue weighted by atomic mass is 9.99. The third kappa shape index (κ3) is 6.05. The summed E-state index contributed by atoms with van der Waals surface area (Å²) >= 11 is 0. The summed E-state index contributed by atoms with van der Waals surface area (Å²) in [5, 5.41) is 2.76. The number of nitrogens with zero attached hydrogens (tertiary/aromatic N) is 1. The van der Waals surface area contributed by atoms with Crippen molar-refractivity contribution < 1.29 is 9.59 Å². The van der Waals surface area contributed by atoms with Crippen LogP contribution in [0.25, 0.3) is 0 Å². The van der Waals surface area contributed by atoms with Crippen molar-refractivity contribution in [2.24, 2.45) is 0 Å². The van der Waals surface area contributed by atoms with Gasteiger partial charge in [-0.1, -0.05) is 84.4 Å². The number of likely N-dealkylation sites (N-methyl/N-ethyl adjacent to an activating group) is 1. The average molecular weight is 415 g/mol. The highest BCUT2D eigenvalue weighted by atomic mass is 16.2. The van der Waals surface area contributed by atoms with E-state index in [0.717, 1.165) is 27.8 Å². The Hall–Kier alpha value is -3.40. The fourth-order valence-corrected chi connectivity index (χ4v) is 3.76. The molecule has 4 nitrogen and oxygen atoms in total. The molecule has 0 radical (unpaired) electrons. The smallest absolute Gasteiger partial charge is 0.242 e.